The van der Waals surface area contributed by atoms with E-state index >= 15 is 0 Å². The highest BCUT2D eigenvalue weighted by atomic mass is 32.2. The molecule has 0 saturated heterocycles. The van der Waals surface area contributed by atoms with E-state index in [0.29, 0.717) is 12.5 Å². The highest BCUT2D eigenvalue weighted by Gasteiger charge is 2.29. The molecule has 19 heavy (non-hydrogen) atoms. The molecule has 1 unspecified atom stereocenters. The standard InChI is InChI=1S/C13H20N2O3S/c1-15(2)19(17,18)12-7-5-11(6-8-12)14-9-13(16)10-3-4-10/h5-8,10,13-14,16H,3-4,9H2,1-2H3. The van der Waals surface area contributed by atoms with Gasteiger partial charge in [-0.25, -0.2) is 12.7 Å². The van der Waals surface area contributed by atoms with Crippen LogP contribution in [-0.4, -0.2) is 44.6 Å². The Bertz CT molecular complexity index is 521. The van der Waals surface area contributed by atoms with Gasteiger partial charge in [-0.2, -0.15) is 0 Å². The Kier molecular flexibility index (Phi) is 4.13. The van der Waals surface area contributed by atoms with Crippen molar-refractivity contribution < 1.29 is 13.5 Å². The summed E-state index contributed by atoms with van der Waals surface area (Å²) in [6, 6.07) is 6.58. The normalized spacial score (nSPS) is 17.5. The summed E-state index contributed by atoms with van der Waals surface area (Å²) < 4.78 is 24.9. The first kappa shape index (κ1) is 14.3. The molecule has 1 aliphatic carbocycles. The van der Waals surface area contributed by atoms with Crippen LogP contribution < -0.4 is 5.32 Å². The third kappa shape index (κ3) is 3.46. The van der Waals surface area contributed by atoms with Gasteiger partial charge in [0.25, 0.3) is 0 Å². The molecule has 0 radical (unpaired) electrons. The highest BCUT2D eigenvalue weighted by Crippen LogP contribution is 2.32. The zero-order valence-corrected chi connectivity index (χ0v) is 12.0. The Hall–Kier alpha value is -1.11. The van der Waals surface area contributed by atoms with Gasteiger partial charge in [-0.05, 0) is 43.0 Å². The van der Waals surface area contributed by atoms with Crippen LogP contribution in [0.2, 0.25) is 0 Å². The van der Waals surface area contributed by atoms with Gasteiger partial charge in [0, 0.05) is 26.3 Å². The number of hydrogen-bond donors (Lipinski definition) is 2. The molecule has 1 saturated carbocycles. The minimum Gasteiger partial charge on any atom is -0.391 e. The molecule has 1 aromatic carbocycles. The van der Waals surface area contributed by atoms with E-state index in [1.54, 1.807) is 24.3 Å². The van der Waals surface area contributed by atoms with Crippen molar-refractivity contribution in [1.82, 2.24) is 4.31 Å². The van der Waals surface area contributed by atoms with Crippen molar-refractivity contribution in [3.63, 3.8) is 0 Å². The molecule has 0 aliphatic heterocycles. The number of sulfonamides is 1. The van der Waals surface area contributed by atoms with Crippen molar-refractivity contribution in [3.8, 4) is 0 Å². The number of rotatable bonds is 6. The van der Waals surface area contributed by atoms with Crippen LogP contribution in [0.15, 0.2) is 29.2 Å². The van der Waals surface area contributed by atoms with Gasteiger partial charge in [0.05, 0.1) is 11.0 Å². The molecule has 1 aliphatic rings. The number of aliphatic hydroxyl groups excluding tert-OH is 1. The minimum atomic E-state index is -3.37. The van der Waals surface area contributed by atoms with Crippen LogP contribution in [0.3, 0.4) is 0 Å². The second-order valence-electron chi connectivity index (χ2n) is 5.10. The smallest absolute Gasteiger partial charge is 0.242 e. The number of nitrogens with one attached hydrogen (secondary N) is 1. The maximum absolute atomic E-state index is 11.9. The lowest BCUT2D eigenvalue weighted by molar-refractivity contribution is 0.164. The van der Waals surface area contributed by atoms with Crippen molar-refractivity contribution in [1.29, 1.82) is 0 Å². The summed E-state index contributed by atoms with van der Waals surface area (Å²) in [6.07, 6.45) is 1.89. The maximum Gasteiger partial charge on any atom is 0.242 e. The summed E-state index contributed by atoms with van der Waals surface area (Å²) in [7, 11) is -0.357. The van der Waals surface area contributed by atoms with Crippen LogP contribution in [0.4, 0.5) is 5.69 Å². The summed E-state index contributed by atoms with van der Waals surface area (Å²) in [4.78, 5) is 0.269. The van der Waals surface area contributed by atoms with Gasteiger partial charge in [0.15, 0.2) is 0 Å². The number of benzene rings is 1. The lowest BCUT2D eigenvalue weighted by atomic mass is 10.2. The second-order valence-corrected chi connectivity index (χ2v) is 7.25. The molecule has 0 spiro atoms. The maximum atomic E-state index is 11.9. The fourth-order valence-corrected chi connectivity index (χ4v) is 2.73. The topological polar surface area (TPSA) is 69.6 Å². The van der Waals surface area contributed by atoms with E-state index in [1.165, 1.54) is 18.4 Å². The summed E-state index contributed by atoms with van der Waals surface area (Å²) in [5, 5.41) is 12.9. The summed E-state index contributed by atoms with van der Waals surface area (Å²) >= 11 is 0. The lowest BCUT2D eigenvalue weighted by Gasteiger charge is -2.14. The summed E-state index contributed by atoms with van der Waals surface area (Å²) in [5.74, 6) is 0.431. The molecule has 5 nitrogen and oxygen atoms in total. The average molecular weight is 284 g/mol. The first-order valence-corrected chi connectivity index (χ1v) is 7.80. The molecule has 2 rings (SSSR count). The number of anilines is 1. The van der Waals surface area contributed by atoms with Crippen molar-refractivity contribution >= 4 is 15.7 Å². The van der Waals surface area contributed by atoms with E-state index in [-0.39, 0.29) is 11.0 Å². The van der Waals surface area contributed by atoms with Crippen LogP contribution in [-0.2, 0) is 10.0 Å². The molecule has 1 aromatic rings. The Morgan fingerprint density at radius 3 is 2.37 bits per heavy atom. The molecule has 106 valence electrons. The molecule has 1 fully saturated rings. The quantitative estimate of drug-likeness (QED) is 0.821. The molecule has 2 N–H and O–H groups in total. The predicted molar refractivity (Wildman–Crippen MR) is 74.5 cm³/mol. The Balaban J connectivity index is 1.98. The van der Waals surface area contributed by atoms with E-state index in [1.807, 2.05) is 0 Å². The largest absolute Gasteiger partial charge is 0.391 e. The van der Waals surface area contributed by atoms with E-state index in [0.717, 1.165) is 18.5 Å². The van der Waals surface area contributed by atoms with Gasteiger partial charge in [0.1, 0.15) is 0 Å². The van der Waals surface area contributed by atoms with Gasteiger partial charge in [-0.15, -0.1) is 0 Å². The van der Waals surface area contributed by atoms with Gasteiger partial charge < -0.3 is 10.4 Å². The Morgan fingerprint density at radius 1 is 1.32 bits per heavy atom. The fraction of sp³-hybridized carbons (Fsp3) is 0.538. The van der Waals surface area contributed by atoms with Crippen LogP contribution in [0.25, 0.3) is 0 Å². The highest BCUT2D eigenvalue weighted by molar-refractivity contribution is 7.89. The van der Waals surface area contributed by atoms with Gasteiger partial charge in [-0.3, -0.25) is 0 Å². The van der Waals surface area contributed by atoms with Gasteiger partial charge in [0.2, 0.25) is 10.0 Å². The SMILES string of the molecule is CN(C)S(=O)(=O)c1ccc(NCC(O)C2CC2)cc1. The molecule has 0 aromatic heterocycles. The van der Waals surface area contributed by atoms with E-state index in [9.17, 15) is 13.5 Å². The first-order valence-electron chi connectivity index (χ1n) is 6.36. The molecular weight excluding hydrogens is 264 g/mol. The molecule has 0 amide bonds. The third-order valence-corrected chi connectivity index (χ3v) is 5.14. The lowest BCUT2D eigenvalue weighted by Crippen LogP contribution is -2.22. The van der Waals surface area contributed by atoms with Crippen molar-refractivity contribution in [2.75, 3.05) is 26.0 Å². The van der Waals surface area contributed by atoms with Crippen molar-refractivity contribution in [2.45, 2.75) is 23.8 Å². The molecule has 0 bridgehead atoms. The predicted octanol–water partition coefficient (Wildman–Crippen LogP) is 1.12. The summed E-state index contributed by atoms with van der Waals surface area (Å²) in [5.41, 5.74) is 0.817. The zero-order chi connectivity index (χ0) is 14.0. The molecular formula is C13H20N2O3S. The average Bonchev–Trinajstić information content (AvgIpc) is 3.20. The first-order chi connectivity index (χ1) is 8.91. The molecule has 0 heterocycles. The fourth-order valence-electron chi connectivity index (χ4n) is 1.83. The molecule has 1 atom stereocenters. The summed E-state index contributed by atoms with van der Waals surface area (Å²) in [6.45, 7) is 0.504. The van der Waals surface area contributed by atoms with Crippen LogP contribution in [0.1, 0.15) is 12.8 Å². The Morgan fingerprint density at radius 2 is 1.89 bits per heavy atom. The van der Waals surface area contributed by atoms with Crippen LogP contribution >= 0.6 is 0 Å². The minimum absolute atomic E-state index is 0.269. The third-order valence-electron chi connectivity index (χ3n) is 3.31. The molecule has 6 heteroatoms. The van der Waals surface area contributed by atoms with Crippen molar-refractivity contribution in [2.24, 2.45) is 5.92 Å². The zero-order valence-electron chi connectivity index (χ0n) is 11.2. The number of hydrogen-bond acceptors (Lipinski definition) is 4. The van der Waals surface area contributed by atoms with Gasteiger partial charge >= 0.3 is 0 Å². The number of aliphatic hydroxyl groups is 1. The number of nitrogens with zero attached hydrogens (tertiary/aromatic N) is 1. The van der Waals surface area contributed by atoms with E-state index in [4.69, 9.17) is 0 Å². The van der Waals surface area contributed by atoms with E-state index < -0.39 is 10.0 Å². The van der Waals surface area contributed by atoms with Crippen molar-refractivity contribution in [3.05, 3.63) is 24.3 Å². The van der Waals surface area contributed by atoms with Gasteiger partial charge in [-0.1, -0.05) is 0 Å². The van der Waals surface area contributed by atoms with E-state index in [2.05, 4.69) is 5.32 Å². The van der Waals surface area contributed by atoms with Crippen LogP contribution in [0, 0.1) is 5.92 Å². The second kappa shape index (κ2) is 5.48. The monoisotopic (exact) mass is 284 g/mol. The van der Waals surface area contributed by atoms with Crippen LogP contribution in [0.5, 0.6) is 0 Å². The Labute approximate surface area is 114 Å².